The van der Waals surface area contributed by atoms with Crippen molar-refractivity contribution in [3.8, 4) is 6.07 Å². The monoisotopic (exact) mass is 322 g/mol. The van der Waals surface area contributed by atoms with E-state index < -0.39 is 0 Å². The SMILES string of the molecule is N#Cc1ccc(CCC(=O)NC(CCCO)c2ccccc2)cc1. The molecule has 4 nitrogen and oxygen atoms in total. The predicted octanol–water partition coefficient (Wildman–Crippen LogP) is 3.12. The predicted molar refractivity (Wildman–Crippen MR) is 93.1 cm³/mol. The first-order valence-electron chi connectivity index (χ1n) is 8.17. The topological polar surface area (TPSA) is 73.1 Å². The van der Waals surface area contributed by atoms with E-state index in [9.17, 15) is 4.79 Å². The second-order valence-electron chi connectivity index (χ2n) is 5.71. The van der Waals surface area contributed by atoms with Crippen molar-refractivity contribution in [3.63, 3.8) is 0 Å². The van der Waals surface area contributed by atoms with Crippen LogP contribution in [0.15, 0.2) is 54.6 Å². The lowest BCUT2D eigenvalue weighted by Crippen LogP contribution is -2.29. The van der Waals surface area contributed by atoms with Gasteiger partial charge in [-0.05, 0) is 42.5 Å². The number of carbonyl (C=O) groups is 1. The zero-order valence-corrected chi connectivity index (χ0v) is 13.6. The minimum Gasteiger partial charge on any atom is -0.396 e. The summed E-state index contributed by atoms with van der Waals surface area (Å²) < 4.78 is 0. The van der Waals surface area contributed by atoms with Gasteiger partial charge < -0.3 is 10.4 Å². The van der Waals surface area contributed by atoms with E-state index in [0.717, 1.165) is 11.1 Å². The van der Waals surface area contributed by atoms with E-state index in [4.69, 9.17) is 10.4 Å². The van der Waals surface area contributed by atoms with Crippen molar-refractivity contribution in [2.24, 2.45) is 0 Å². The van der Waals surface area contributed by atoms with E-state index in [1.807, 2.05) is 42.5 Å². The highest BCUT2D eigenvalue weighted by Crippen LogP contribution is 2.18. The van der Waals surface area contributed by atoms with Crippen molar-refractivity contribution in [1.29, 1.82) is 5.26 Å². The van der Waals surface area contributed by atoms with Crippen molar-refractivity contribution < 1.29 is 9.90 Å². The van der Waals surface area contributed by atoms with Crippen molar-refractivity contribution >= 4 is 5.91 Å². The Balaban J connectivity index is 1.91. The van der Waals surface area contributed by atoms with Crippen molar-refractivity contribution in [2.75, 3.05) is 6.61 Å². The van der Waals surface area contributed by atoms with E-state index in [0.29, 0.717) is 31.2 Å². The lowest BCUT2D eigenvalue weighted by Gasteiger charge is -2.19. The van der Waals surface area contributed by atoms with Gasteiger partial charge in [0.15, 0.2) is 0 Å². The average Bonchev–Trinajstić information content (AvgIpc) is 2.64. The quantitative estimate of drug-likeness (QED) is 0.784. The molecule has 0 spiro atoms. The molecule has 0 fully saturated rings. The second-order valence-corrected chi connectivity index (χ2v) is 5.71. The van der Waals surface area contributed by atoms with Crippen molar-refractivity contribution in [1.82, 2.24) is 5.32 Å². The third-order valence-corrected chi connectivity index (χ3v) is 3.91. The molecule has 2 N–H and O–H groups in total. The van der Waals surface area contributed by atoms with Crippen LogP contribution in [-0.4, -0.2) is 17.6 Å². The van der Waals surface area contributed by atoms with Crippen LogP contribution in [0.5, 0.6) is 0 Å². The van der Waals surface area contributed by atoms with Crippen LogP contribution < -0.4 is 5.32 Å². The maximum absolute atomic E-state index is 12.3. The molecule has 1 unspecified atom stereocenters. The Labute approximate surface area is 142 Å². The molecular weight excluding hydrogens is 300 g/mol. The van der Waals surface area contributed by atoms with Crippen LogP contribution in [0.2, 0.25) is 0 Å². The van der Waals surface area contributed by atoms with Gasteiger partial charge in [0.2, 0.25) is 5.91 Å². The second kappa shape index (κ2) is 9.49. The fourth-order valence-electron chi connectivity index (χ4n) is 2.57. The Morgan fingerprint density at radius 2 is 1.83 bits per heavy atom. The minimum atomic E-state index is -0.0770. The number of aryl methyl sites for hydroxylation is 1. The summed E-state index contributed by atoms with van der Waals surface area (Å²) in [6.45, 7) is 0.116. The van der Waals surface area contributed by atoms with Gasteiger partial charge in [0, 0.05) is 13.0 Å². The van der Waals surface area contributed by atoms with Gasteiger partial charge in [-0.1, -0.05) is 42.5 Å². The lowest BCUT2D eigenvalue weighted by atomic mass is 10.0. The molecule has 0 saturated heterocycles. The van der Waals surface area contributed by atoms with Crippen LogP contribution in [0, 0.1) is 11.3 Å². The molecule has 0 radical (unpaired) electrons. The van der Waals surface area contributed by atoms with Gasteiger partial charge in [-0.2, -0.15) is 5.26 Å². The molecule has 2 aromatic carbocycles. The Hall–Kier alpha value is -2.64. The van der Waals surface area contributed by atoms with E-state index in [-0.39, 0.29) is 18.6 Å². The maximum Gasteiger partial charge on any atom is 0.220 e. The zero-order valence-electron chi connectivity index (χ0n) is 13.6. The molecule has 2 rings (SSSR count). The highest BCUT2D eigenvalue weighted by Gasteiger charge is 2.14. The number of rotatable bonds is 8. The van der Waals surface area contributed by atoms with Gasteiger partial charge in [-0.3, -0.25) is 4.79 Å². The Morgan fingerprint density at radius 3 is 2.46 bits per heavy atom. The summed E-state index contributed by atoms with van der Waals surface area (Å²) in [4.78, 5) is 12.3. The van der Waals surface area contributed by atoms with E-state index in [1.165, 1.54) is 0 Å². The molecule has 2 aromatic rings. The summed E-state index contributed by atoms with van der Waals surface area (Å²) in [6, 6.07) is 19.1. The largest absolute Gasteiger partial charge is 0.396 e. The normalized spacial score (nSPS) is 11.5. The molecule has 24 heavy (non-hydrogen) atoms. The van der Waals surface area contributed by atoms with Crippen LogP contribution in [-0.2, 0) is 11.2 Å². The number of nitrogens with one attached hydrogen (secondary N) is 1. The minimum absolute atomic E-state index is 0.00819. The number of carbonyl (C=O) groups excluding carboxylic acids is 1. The number of nitriles is 1. The molecule has 0 aliphatic heterocycles. The number of aliphatic hydroxyl groups excluding tert-OH is 1. The summed E-state index contributed by atoms with van der Waals surface area (Å²) in [6.07, 6.45) is 2.39. The number of aliphatic hydroxyl groups is 1. The number of hydrogen-bond acceptors (Lipinski definition) is 3. The number of nitrogens with zero attached hydrogens (tertiary/aromatic N) is 1. The number of benzene rings is 2. The van der Waals surface area contributed by atoms with E-state index in [1.54, 1.807) is 12.1 Å². The molecule has 0 aromatic heterocycles. The molecule has 124 valence electrons. The van der Waals surface area contributed by atoms with Gasteiger partial charge in [-0.25, -0.2) is 0 Å². The molecule has 1 amide bonds. The zero-order chi connectivity index (χ0) is 17.2. The summed E-state index contributed by atoms with van der Waals surface area (Å²) in [5.41, 5.74) is 2.71. The summed E-state index contributed by atoms with van der Waals surface area (Å²) >= 11 is 0. The van der Waals surface area contributed by atoms with Crippen molar-refractivity contribution in [3.05, 3.63) is 71.3 Å². The highest BCUT2D eigenvalue weighted by atomic mass is 16.3. The third-order valence-electron chi connectivity index (χ3n) is 3.91. The van der Waals surface area contributed by atoms with Gasteiger partial charge in [0.1, 0.15) is 0 Å². The summed E-state index contributed by atoms with van der Waals surface area (Å²) in [5, 5.41) is 20.9. The molecule has 0 heterocycles. The molecule has 0 aliphatic rings. The molecule has 4 heteroatoms. The number of hydrogen-bond donors (Lipinski definition) is 2. The van der Waals surface area contributed by atoms with Crippen LogP contribution in [0.1, 0.15) is 42.0 Å². The fraction of sp³-hybridized carbons (Fsp3) is 0.300. The van der Waals surface area contributed by atoms with E-state index >= 15 is 0 Å². The first kappa shape index (κ1) is 17.7. The third kappa shape index (κ3) is 5.53. The van der Waals surface area contributed by atoms with Gasteiger partial charge in [-0.15, -0.1) is 0 Å². The molecule has 0 saturated carbocycles. The van der Waals surface area contributed by atoms with Crippen LogP contribution in [0.4, 0.5) is 0 Å². The number of amides is 1. The Bertz CT molecular complexity index is 675. The Morgan fingerprint density at radius 1 is 1.12 bits per heavy atom. The van der Waals surface area contributed by atoms with Crippen LogP contribution in [0.3, 0.4) is 0 Å². The highest BCUT2D eigenvalue weighted by molar-refractivity contribution is 5.76. The standard InChI is InChI=1S/C20H22N2O2/c21-15-17-10-8-16(9-11-17)12-13-20(24)22-19(7-4-14-23)18-5-2-1-3-6-18/h1-3,5-6,8-11,19,23H,4,7,12-14H2,(H,22,24). The first-order valence-corrected chi connectivity index (χ1v) is 8.17. The van der Waals surface area contributed by atoms with Crippen molar-refractivity contribution in [2.45, 2.75) is 31.7 Å². The van der Waals surface area contributed by atoms with Gasteiger partial charge >= 0.3 is 0 Å². The summed E-state index contributed by atoms with van der Waals surface area (Å²) in [5.74, 6) is -0.00819. The maximum atomic E-state index is 12.3. The van der Waals surface area contributed by atoms with E-state index in [2.05, 4.69) is 11.4 Å². The molecule has 0 bridgehead atoms. The Kier molecular flexibility index (Phi) is 7.00. The van der Waals surface area contributed by atoms with Crippen LogP contribution in [0.25, 0.3) is 0 Å². The van der Waals surface area contributed by atoms with Gasteiger partial charge in [0.05, 0.1) is 17.7 Å². The molecule has 0 aliphatic carbocycles. The average molecular weight is 322 g/mol. The fourth-order valence-corrected chi connectivity index (χ4v) is 2.57. The first-order chi connectivity index (χ1) is 11.7. The molecule has 1 atom stereocenters. The van der Waals surface area contributed by atoms with Gasteiger partial charge in [0.25, 0.3) is 0 Å². The summed E-state index contributed by atoms with van der Waals surface area (Å²) in [7, 11) is 0. The smallest absolute Gasteiger partial charge is 0.220 e. The molecular formula is C20H22N2O2. The lowest BCUT2D eigenvalue weighted by molar-refractivity contribution is -0.121. The van der Waals surface area contributed by atoms with Crippen LogP contribution >= 0.6 is 0 Å².